The van der Waals surface area contributed by atoms with Crippen molar-refractivity contribution in [1.29, 1.82) is 0 Å². The largest absolute Gasteiger partial charge is 0.481 e. The average molecular weight is 491 g/mol. The highest BCUT2D eigenvalue weighted by molar-refractivity contribution is 5.77. The van der Waals surface area contributed by atoms with E-state index in [0.29, 0.717) is 26.1 Å². The van der Waals surface area contributed by atoms with Crippen LogP contribution in [0.5, 0.6) is 0 Å². The summed E-state index contributed by atoms with van der Waals surface area (Å²) < 4.78 is 24.7. The van der Waals surface area contributed by atoms with E-state index in [-0.39, 0.29) is 26.1 Å². The van der Waals surface area contributed by atoms with Crippen molar-refractivity contribution in [3.05, 3.63) is 0 Å². The van der Waals surface area contributed by atoms with Crippen LogP contribution >= 0.6 is 0 Å². The zero-order chi connectivity index (χ0) is 26.1. The molecule has 0 saturated heterocycles. The van der Waals surface area contributed by atoms with Gasteiger partial charge in [0.1, 0.15) is 0 Å². The van der Waals surface area contributed by atoms with Gasteiger partial charge in [0.2, 0.25) is 0 Å². The third kappa shape index (κ3) is 9.44. The van der Waals surface area contributed by atoms with Crippen molar-refractivity contribution < 1.29 is 38.7 Å². The molecule has 0 radical (unpaired) electrons. The molecule has 2 atom stereocenters. The molecule has 0 aliphatic rings. The van der Waals surface area contributed by atoms with E-state index in [1.54, 1.807) is 13.8 Å². The van der Waals surface area contributed by atoms with Gasteiger partial charge in [-0.05, 0) is 53.4 Å². The van der Waals surface area contributed by atoms with E-state index in [0.717, 1.165) is 44.9 Å². The van der Waals surface area contributed by atoms with Crippen molar-refractivity contribution in [2.75, 3.05) is 26.4 Å². The first-order valence-corrected chi connectivity index (χ1v) is 13.1. The number of aliphatic carboxylic acids is 2. The van der Waals surface area contributed by atoms with E-state index in [1.165, 1.54) is 0 Å². The number of unbranched alkanes of at least 4 members (excludes halogenated alkanes) is 6. The molecule has 0 aliphatic heterocycles. The summed E-state index contributed by atoms with van der Waals surface area (Å²) in [5.74, 6) is -4.80. The number of carboxylic acids is 2. The van der Waals surface area contributed by atoms with E-state index in [4.69, 9.17) is 24.1 Å². The molecule has 202 valence electrons. The zero-order valence-corrected chi connectivity index (χ0v) is 22.5. The van der Waals surface area contributed by atoms with Crippen molar-refractivity contribution >= 4 is 11.9 Å². The normalized spacial score (nSPS) is 17.0. The van der Waals surface area contributed by atoms with Crippen LogP contribution in [0.3, 0.4) is 0 Å². The van der Waals surface area contributed by atoms with Crippen LogP contribution in [-0.4, -0.2) is 60.2 Å². The molecule has 2 unspecified atom stereocenters. The van der Waals surface area contributed by atoms with Crippen LogP contribution in [0.4, 0.5) is 0 Å². The standard InChI is InChI=1S/C26H50O8/c1-7-11-20-33-24(5,31-9-3)26(23(29)30,19-17-15-13-14-16-18-22(27)28)25(6,32-10-4)34-21-12-8-2/h7-21H2,1-6H3,(H,27,28)(H,29,30). The second-order valence-corrected chi connectivity index (χ2v) is 9.03. The average Bonchev–Trinajstić information content (AvgIpc) is 2.75. The van der Waals surface area contributed by atoms with E-state index in [1.807, 2.05) is 27.7 Å². The van der Waals surface area contributed by atoms with Crippen molar-refractivity contribution in [3.8, 4) is 0 Å². The van der Waals surface area contributed by atoms with Gasteiger partial charge in [0, 0.05) is 19.6 Å². The molecule has 0 bridgehead atoms. The Labute approximate surface area is 206 Å². The third-order valence-corrected chi connectivity index (χ3v) is 6.45. The molecule has 8 heteroatoms. The fraction of sp³-hybridized carbons (Fsp3) is 0.923. The molecule has 0 amide bonds. The molecule has 0 spiro atoms. The monoisotopic (exact) mass is 490 g/mol. The second-order valence-electron chi connectivity index (χ2n) is 9.03. The summed E-state index contributed by atoms with van der Waals surface area (Å²) in [6, 6.07) is 0. The van der Waals surface area contributed by atoms with E-state index in [9.17, 15) is 14.7 Å². The lowest BCUT2D eigenvalue weighted by molar-refractivity contribution is -0.378. The lowest BCUT2D eigenvalue weighted by atomic mass is 9.68. The SMILES string of the molecule is CCCCOC(C)(OCC)C(CCCCCCCC(=O)O)(C(=O)O)C(C)(OCC)OCCCC. The summed E-state index contributed by atoms with van der Waals surface area (Å²) in [6.07, 6.45) is 7.38. The Kier molecular flexibility index (Phi) is 16.6. The maximum atomic E-state index is 13.2. The molecule has 0 aromatic carbocycles. The first kappa shape index (κ1) is 32.8. The fourth-order valence-electron chi connectivity index (χ4n) is 4.51. The van der Waals surface area contributed by atoms with Gasteiger partial charge in [-0.2, -0.15) is 0 Å². The fourth-order valence-corrected chi connectivity index (χ4v) is 4.51. The van der Waals surface area contributed by atoms with Crippen molar-refractivity contribution in [2.45, 2.75) is 124 Å². The molecular weight excluding hydrogens is 440 g/mol. The first-order chi connectivity index (χ1) is 16.1. The van der Waals surface area contributed by atoms with E-state index >= 15 is 0 Å². The van der Waals surface area contributed by atoms with Crippen LogP contribution < -0.4 is 0 Å². The number of hydrogen-bond acceptors (Lipinski definition) is 6. The van der Waals surface area contributed by atoms with Gasteiger partial charge in [0.15, 0.2) is 17.0 Å². The second kappa shape index (κ2) is 17.2. The molecule has 2 N–H and O–H groups in total. The highest BCUT2D eigenvalue weighted by Crippen LogP contribution is 2.51. The van der Waals surface area contributed by atoms with Gasteiger partial charge in [0.05, 0.1) is 13.2 Å². The molecule has 0 aromatic rings. The molecule has 34 heavy (non-hydrogen) atoms. The van der Waals surface area contributed by atoms with Gasteiger partial charge >= 0.3 is 11.9 Å². The Bertz CT molecular complexity index is 541. The summed E-state index contributed by atoms with van der Waals surface area (Å²) in [4.78, 5) is 23.9. The van der Waals surface area contributed by atoms with Crippen LogP contribution in [0.15, 0.2) is 0 Å². The maximum absolute atomic E-state index is 13.2. The topological polar surface area (TPSA) is 112 Å². The summed E-state index contributed by atoms with van der Waals surface area (Å²) in [5.41, 5.74) is -1.62. The summed E-state index contributed by atoms with van der Waals surface area (Å²) in [7, 11) is 0. The van der Waals surface area contributed by atoms with Crippen molar-refractivity contribution in [3.63, 3.8) is 0 Å². The third-order valence-electron chi connectivity index (χ3n) is 6.45. The van der Waals surface area contributed by atoms with Crippen molar-refractivity contribution in [1.82, 2.24) is 0 Å². The summed E-state index contributed by atoms with van der Waals surface area (Å²) in [5, 5.41) is 19.6. The van der Waals surface area contributed by atoms with Crippen LogP contribution in [0.25, 0.3) is 0 Å². The van der Waals surface area contributed by atoms with Gasteiger partial charge in [-0.1, -0.05) is 52.4 Å². The predicted molar refractivity (Wildman–Crippen MR) is 132 cm³/mol. The van der Waals surface area contributed by atoms with E-state index < -0.39 is 28.9 Å². The maximum Gasteiger partial charge on any atom is 0.320 e. The van der Waals surface area contributed by atoms with Crippen LogP contribution in [0.1, 0.15) is 112 Å². The molecular formula is C26H50O8. The Morgan fingerprint density at radius 1 is 0.647 bits per heavy atom. The molecule has 0 fully saturated rings. The Morgan fingerprint density at radius 2 is 1.09 bits per heavy atom. The Balaban J connectivity index is 6.09. The number of carboxylic acid groups (broad SMARTS) is 2. The highest BCUT2D eigenvalue weighted by Gasteiger charge is 2.68. The predicted octanol–water partition coefficient (Wildman–Crippen LogP) is 6.01. The van der Waals surface area contributed by atoms with Gasteiger partial charge in [-0.3, -0.25) is 9.59 Å². The van der Waals surface area contributed by atoms with Crippen LogP contribution in [-0.2, 0) is 28.5 Å². The minimum absolute atomic E-state index is 0.153. The van der Waals surface area contributed by atoms with Gasteiger partial charge in [0.25, 0.3) is 0 Å². The van der Waals surface area contributed by atoms with Crippen molar-refractivity contribution in [2.24, 2.45) is 5.41 Å². The minimum atomic E-state index is -1.62. The van der Waals surface area contributed by atoms with Gasteiger partial charge in [-0.15, -0.1) is 0 Å². The first-order valence-electron chi connectivity index (χ1n) is 13.1. The quantitative estimate of drug-likeness (QED) is 0.132. The highest BCUT2D eigenvalue weighted by atomic mass is 16.7. The van der Waals surface area contributed by atoms with E-state index in [2.05, 4.69) is 0 Å². The molecule has 0 aliphatic carbocycles. The van der Waals surface area contributed by atoms with Crippen LogP contribution in [0, 0.1) is 5.41 Å². The minimum Gasteiger partial charge on any atom is -0.481 e. The van der Waals surface area contributed by atoms with Crippen LogP contribution in [0.2, 0.25) is 0 Å². The molecule has 0 aromatic heterocycles. The number of ether oxygens (including phenoxy) is 4. The molecule has 8 nitrogen and oxygen atoms in total. The van der Waals surface area contributed by atoms with Gasteiger partial charge < -0.3 is 29.2 Å². The molecule has 0 heterocycles. The summed E-state index contributed by atoms with van der Waals surface area (Å²) >= 11 is 0. The zero-order valence-electron chi connectivity index (χ0n) is 22.5. The molecule has 0 saturated carbocycles. The lowest BCUT2D eigenvalue weighted by Gasteiger charge is -2.53. The Hall–Kier alpha value is -1.22. The number of hydrogen-bond donors (Lipinski definition) is 2. The number of rotatable bonds is 23. The summed E-state index contributed by atoms with van der Waals surface area (Å²) in [6.45, 7) is 12.5. The smallest absolute Gasteiger partial charge is 0.320 e. The number of carbonyl (C=O) groups is 2. The molecule has 0 rings (SSSR count). The van der Waals surface area contributed by atoms with Gasteiger partial charge in [-0.25, -0.2) is 0 Å². The Morgan fingerprint density at radius 3 is 1.47 bits per heavy atom. The lowest BCUT2D eigenvalue weighted by Crippen LogP contribution is -2.67.